The van der Waals surface area contributed by atoms with Crippen LogP contribution in [0.25, 0.3) is 5.57 Å². The molecule has 0 aliphatic rings. The predicted octanol–water partition coefficient (Wildman–Crippen LogP) is 13.5. The Bertz CT molecular complexity index is 664. The summed E-state index contributed by atoms with van der Waals surface area (Å²) in [5.74, 6) is 0. The summed E-state index contributed by atoms with van der Waals surface area (Å²) < 4.78 is 0. The van der Waals surface area contributed by atoms with Crippen LogP contribution >= 0.6 is 0 Å². The molecule has 0 N–H and O–H groups in total. The van der Waals surface area contributed by atoms with Gasteiger partial charge in [-0.3, -0.25) is 0 Å². The van der Waals surface area contributed by atoms with E-state index < -0.39 is 0 Å². The highest BCUT2D eigenvalue weighted by atomic mass is 14.2. The minimum absolute atomic E-state index is 0. The molecular weight excluding hydrogens is 432 g/mol. The molecule has 0 heteroatoms. The van der Waals surface area contributed by atoms with Gasteiger partial charge in [-0.15, -0.1) is 26.3 Å². The number of rotatable bonds is 2. The molecule has 0 aromatic heterocycles. The topological polar surface area (TPSA) is 0 Å². The van der Waals surface area contributed by atoms with Gasteiger partial charge in [0.25, 0.3) is 0 Å². The molecule has 0 aliphatic carbocycles. The van der Waals surface area contributed by atoms with E-state index in [2.05, 4.69) is 124 Å². The fraction of sp³-hybridized carbons (Fsp3) is 0.500. The molecule has 36 heavy (non-hydrogen) atoms. The maximum atomic E-state index is 3.98. The van der Waals surface area contributed by atoms with Crippen LogP contribution < -0.4 is 0 Å². The smallest absolute Gasteiger partial charge is 0.0132 e. The molecule has 0 unspecified atom stereocenters. The summed E-state index contributed by atoms with van der Waals surface area (Å²) in [5, 5.41) is 0. The van der Waals surface area contributed by atoms with E-state index in [1.807, 2.05) is 41.5 Å². The zero-order valence-corrected chi connectivity index (χ0v) is 24.8. The Labute approximate surface area is 232 Å². The van der Waals surface area contributed by atoms with Gasteiger partial charge in [0.15, 0.2) is 0 Å². The van der Waals surface area contributed by atoms with Crippen molar-refractivity contribution in [1.82, 2.24) is 0 Å². The third-order valence-corrected chi connectivity index (χ3v) is 4.08. The van der Waals surface area contributed by atoms with Gasteiger partial charge >= 0.3 is 0 Å². The van der Waals surface area contributed by atoms with E-state index in [-0.39, 0.29) is 27.7 Å². The molecule has 0 fully saturated rings. The van der Waals surface area contributed by atoms with E-state index in [4.69, 9.17) is 0 Å². The van der Waals surface area contributed by atoms with Gasteiger partial charge in [-0.25, -0.2) is 0 Å². The first-order chi connectivity index (χ1) is 15.6. The lowest BCUT2D eigenvalue weighted by Gasteiger charge is -2.20. The fourth-order valence-electron chi connectivity index (χ4n) is 2.43. The average molecular weight is 503 g/mol. The molecule has 0 bridgehead atoms. The standard InChI is InChI=1S/C14H20.C9H12.3C2H6.2C2H4.3CH4/c1-10(2)13-8-7-12(9-11(13)3)14(4,5)6;1-3-9-6-4-8(2)5-7-9;5*1-2;;;/h7-9H,1H2,2-6H3;4-7H,3H2,1-2H3;3*1-2H3;2*1-2H2;3*1H4. The normalized spacial score (nSPS) is 7.58. The van der Waals surface area contributed by atoms with Crippen molar-refractivity contribution in [2.75, 3.05) is 0 Å². The van der Waals surface area contributed by atoms with Crippen LogP contribution in [0.2, 0.25) is 0 Å². The van der Waals surface area contributed by atoms with E-state index >= 15 is 0 Å². The lowest BCUT2D eigenvalue weighted by molar-refractivity contribution is 0.589. The van der Waals surface area contributed by atoms with Crippen molar-refractivity contribution in [2.24, 2.45) is 0 Å². The fourth-order valence-corrected chi connectivity index (χ4v) is 2.43. The number of allylic oxidation sites excluding steroid dienone is 1. The van der Waals surface area contributed by atoms with Gasteiger partial charge in [0.1, 0.15) is 0 Å². The molecule has 2 aromatic carbocycles. The van der Waals surface area contributed by atoms with Gasteiger partial charge < -0.3 is 0 Å². The third kappa shape index (κ3) is 27.9. The summed E-state index contributed by atoms with van der Waals surface area (Å²) in [6.07, 6.45) is 1.14. The van der Waals surface area contributed by atoms with Crippen molar-refractivity contribution in [1.29, 1.82) is 0 Å². The Hall–Kier alpha value is -2.34. The second-order valence-corrected chi connectivity index (χ2v) is 7.40. The van der Waals surface area contributed by atoms with Crippen LogP contribution in [0.3, 0.4) is 0 Å². The Morgan fingerprint density at radius 3 is 1.31 bits per heavy atom. The molecule has 0 saturated carbocycles. The first kappa shape index (κ1) is 54.5. The first-order valence-corrected chi connectivity index (χ1v) is 12.5. The molecule has 2 rings (SSSR count). The number of hydrogen-bond donors (Lipinski definition) is 0. The Kier molecular flexibility index (Phi) is 56.4. The number of aryl methyl sites for hydroxylation is 3. The minimum atomic E-state index is 0. The summed E-state index contributed by atoms with van der Waals surface area (Å²) in [6, 6.07) is 15.3. The van der Waals surface area contributed by atoms with Crippen molar-refractivity contribution in [3.05, 3.63) is 103 Å². The summed E-state index contributed by atoms with van der Waals surface area (Å²) in [7, 11) is 0. The Morgan fingerprint density at radius 1 is 0.694 bits per heavy atom. The highest BCUT2D eigenvalue weighted by Crippen LogP contribution is 2.26. The van der Waals surface area contributed by atoms with E-state index in [9.17, 15) is 0 Å². The zero-order chi connectivity index (χ0) is 27.6. The van der Waals surface area contributed by atoms with Crippen molar-refractivity contribution < 1.29 is 0 Å². The molecule has 0 amide bonds. The lowest BCUT2D eigenvalue weighted by atomic mass is 9.85. The van der Waals surface area contributed by atoms with Crippen LogP contribution in [0.5, 0.6) is 0 Å². The molecule has 214 valence electrons. The Balaban J connectivity index is -0.0000000521. The average Bonchev–Trinajstić information content (AvgIpc) is 2.85. The van der Waals surface area contributed by atoms with Gasteiger partial charge in [-0.1, -0.05) is 152 Å². The van der Waals surface area contributed by atoms with Crippen LogP contribution in [0.15, 0.2) is 75.4 Å². The van der Waals surface area contributed by atoms with Crippen molar-refractivity contribution in [3.63, 3.8) is 0 Å². The predicted molar refractivity (Wildman–Crippen MR) is 182 cm³/mol. The van der Waals surface area contributed by atoms with Crippen LogP contribution in [0.4, 0.5) is 0 Å². The maximum absolute atomic E-state index is 3.98. The Morgan fingerprint density at radius 2 is 1.06 bits per heavy atom. The van der Waals surface area contributed by atoms with Crippen molar-refractivity contribution in [3.8, 4) is 0 Å². The molecule has 0 heterocycles. The van der Waals surface area contributed by atoms with Gasteiger partial charge in [0, 0.05) is 0 Å². The van der Waals surface area contributed by atoms with Crippen molar-refractivity contribution >= 4 is 5.57 Å². The number of benzene rings is 2. The quantitative estimate of drug-likeness (QED) is 0.358. The van der Waals surface area contributed by atoms with Crippen LogP contribution in [-0.2, 0) is 11.8 Å². The second kappa shape index (κ2) is 37.2. The monoisotopic (exact) mass is 503 g/mol. The summed E-state index contributed by atoms with van der Waals surface area (Å²) in [5.41, 5.74) is 8.12. The summed E-state index contributed by atoms with van der Waals surface area (Å²) in [6.45, 7) is 43.2. The first-order valence-electron chi connectivity index (χ1n) is 12.5. The molecule has 0 aliphatic heterocycles. The highest BCUT2D eigenvalue weighted by molar-refractivity contribution is 5.64. The molecular formula is C36H70. The summed E-state index contributed by atoms with van der Waals surface area (Å²) >= 11 is 0. The largest absolute Gasteiger partial charge is 0.106 e. The van der Waals surface area contributed by atoms with E-state index in [1.165, 1.54) is 27.8 Å². The number of hydrogen-bond acceptors (Lipinski definition) is 0. The second-order valence-electron chi connectivity index (χ2n) is 7.40. The van der Waals surface area contributed by atoms with Gasteiger partial charge in [-0.2, -0.15) is 0 Å². The minimum Gasteiger partial charge on any atom is -0.106 e. The molecule has 0 radical (unpaired) electrons. The van der Waals surface area contributed by atoms with Crippen molar-refractivity contribution in [2.45, 2.75) is 124 Å². The molecule has 0 saturated heterocycles. The van der Waals surface area contributed by atoms with E-state index in [0.29, 0.717) is 0 Å². The SMILES string of the molecule is C.C.C.C=C.C=C.C=C(C)c1ccc(C(C)(C)C)cc1C.CC.CC.CC.CCc1ccc(C)cc1. The van der Waals surface area contributed by atoms with Gasteiger partial charge in [-0.05, 0) is 54.9 Å². The molecule has 0 atom stereocenters. The third-order valence-electron chi connectivity index (χ3n) is 4.08. The van der Waals surface area contributed by atoms with Crippen LogP contribution in [0.1, 0.15) is 126 Å². The van der Waals surface area contributed by atoms with E-state index in [0.717, 1.165) is 12.0 Å². The molecule has 0 spiro atoms. The van der Waals surface area contributed by atoms with Gasteiger partial charge in [0.05, 0.1) is 0 Å². The lowest BCUT2D eigenvalue weighted by Crippen LogP contribution is -2.11. The molecule has 2 aromatic rings. The van der Waals surface area contributed by atoms with Crippen LogP contribution in [-0.4, -0.2) is 0 Å². The van der Waals surface area contributed by atoms with E-state index in [1.54, 1.807) is 0 Å². The summed E-state index contributed by atoms with van der Waals surface area (Å²) in [4.78, 5) is 0. The zero-order valence-electron chi connectivity index (χ0n) is 24.8. The maximum Gasteiger partial charge on any atom is -0.0132 e. The highest BCUT2D eigenvalue weighted by Gasteiger charge is 2.14. The van der Waals surface area contributed by atoms with Crippen LogP contribution in [0, 0.1) is 13.8 Å². The molecule has 0 nitrogen and oxygen atoms in total. The van der Waals surface area contributed by atoms with Gasteiger partial charge in [0.2, 0.25) is 0 Å².